The molecule has 1 aliphatic heterocycles. The van der Waals surface area contributed by atoms with E-state index >= 15 is 0 Å². The Morgan fingerprint density at radius 2 is 1.89 bits per heavy atom. The number of carbonyl (C=O) groups is 2. The summed E-state index contributed by atoms with van der Waals surface area (Å²) in [4.78, 5) is 23.0. The zero-order valence-corrected chi connectivity index (χ0v) is 15.3. The van der Waals surface area contributed by atoms with Gasteiger partial charge in [0.1, 0.15) is 18.1 Å². The minimum absolute atomic E-state index is 0.150. The van der Waals surface area contributed by atoms with Gasteiger partial charge in [-0.2, -0.15) is 0 Å². The van der Waals surface area contributed by atoms with E-state index in [2.05, 4.69) is 17.2 Å². The van der Waals surface area contributed by atoms with E-state index in [0.717, 1.165) is 11.1 Å². The van der Waals surface area contributed by atoms with Crippen LogP contribution in [0.15, 0.2) is 54.8 Å². The molecule has 1 heterocycles. The Labute approximate surface area is 161 Å². The van der Waals surface area contributed by atoms with Crippen molar-refractivity contribution in [3.05, 3.63) is 77.3 Å². The quantitative estimate of drug-likeness (QED) is 0.438. The lowest BCUT2D eigenvalue weighted by Crippen LogP contribution is -2.22. The van der Waals surface area contributed by atoms with E-state index in [4.69, 9.17) is 9.47 Å². The first-order chi connectivity index (χ1) is 13.5. The molecule has 28 heavy (non-hydrogen) atoms. The van der Waals surface area contributed by atoms with Crippen LogP contribution >= 0.6 is 0 Å². The van der Waals surface area contributed by atoms with Crippen LogP contribution in [0.2, 0.25) is 0 Å². The fraction of sp³-hybridized carbons (Fsp3) is 0.143. The Kier molecular flexibility index (Phi) is 5.74. The van der Waals surface area contributed by atoms with E-state index < -0.39 is 11.9 Å². The van der Waals surface area contributed by atoms with E-state index in [9.17, 15) is 14.0 Å². The third kappa shape index (κ3) is 4.37. The molecule has 0 unspecified atom stereocenters. The molecule has 7 heteroatoms. The van der Waals surface area contributed by atoms with Crippen molar-refractivity contribution in [2.75, 3.05) is 7.11 Å². The summed E-state index contributed by atoms with van der Waals surface area (Å²) in [7, 11) is 1.51. The van der Waals surface area contributed by atoms with Crippen LogP contribution in [0.5, 0.6) is 11.5 Å². The summed E-state index contributed by atoms with van der Waals surface area (Å²) < 4.78 is 24.5. The maximum Gasteiger partial charge on any atom is 0.326 e. The number of methoxy groups -OCH3 is 1. The molecule has 0 spiro atoms. The molecule has 0 aliphatic carbocycles. The molecule has 144 valence electrons. The second-order valence-electron chi connectivity index (χ2n) is 6.09. The predicted molar refractivity (Wildman–Crippen MR) is 102 cm³/mol. The highest BCUT2D eigenvalue weighted by molar-refractivity contribution is 6.14. The highest BCUT2D eigenvalue weighted by Crippen LogP contribution is 2.35. The minimum atomic E-state index is -0.561. The molecule has 0 atom stereocenters. The van der Waals surface area contributed by atoms with Crippen molar-refractivity contribution >= 4 is 18.0 Å². The zero-order chi connectivity index (χ0) is 20.1. The molecule has 0 bridgehead atoms. The number of carbonyl (C=O) groups excluding carboxylic acids is 2. The van der Waals surface area contributed by atoms with E-state index in [1.54, 1.807) is 30.4 Å². The summed E-state index contributed by atoms with van der Waals surface area (Å²) >= 11 is 0. The van der Waals surface area contributed by atoms with Crippen molar-refractivity contribution in [1.82, 2.24) is 10.6 Å². The maximum absolute atomic E-state index is 13.1. The second-order valence-corrected chi connectivity index (χ2v) is 6.09. The van der Waals surface area contributed by atoms with Crippen LogP contribution in [-0.4, -0.2) is 19.0 Å². The van der Waals surface area contributed by atoms with E-state index in [1.165, 1.54) is 19.2 Å². The molecular weight excluding hydrogens is 363 g/mol. The number of nitrogens with one attached hydrogen (secondary N) is 2. The van der Waals surface area contributed by atoms with Crippen LogP contribution < -0.4 is 20.1 Å². The van der Waals surface area contributed by atoms with Crippen LogP contribution in [0.25, 0.3) is 6.08 Å². The van der Waals surface area contributed by atoms with Crippen molar-refractivity contribution < 1.29 is 23.5 Å². The molecule has 0 saturated carbocycles. The van der Waals surface area contributed by atoms with Crippen LogP contribution in [0.4, 0.5) is 9.18 Å². The molecule has 2 aromatic rings. The zero-order valence-electron chi connectivity index (χ0n) is 15.3. The molecule has 1 aliphatic rings. The molecule has 0 aromatic heterocycles. The van der Waals surface area contributed by atoms with Gasteiger partial charge in [0.2, 0.25) is 0 Å². The summed E-state index contributed by atoms with van der Waals surface area (Å²) in [5.74, 6) is 0.201. The van der Waals surface area contributed by atoms with Gasteiger partial charge in [-0.1, -0.05) is 18.2 Å². The number of imide groups is 1. The molecule has 3 amide bonds. The summed E-state index contributed by atoms with van der Waals surface area (Å²) in [6.07, 6.45) is 3.78. The number of amides is 3. The normalized spacial score (nSPS) is 14.6. The highest BCUT2D eigenvalue weighted by atomic mass is 19.1. The van der Waals surface area contributed by atoms with Crippen LogP contribution in [-0.2, 0) is 17.8 Å². The number of urea groups is 1. The van der Waals surface area contributed by atoms with Crippen molar-refractivity contribution in [2.24, 2.45) is 0 Å². The van der Waals surface area contributed by atoms with Gasteiger partial charge in [0.25, 0.3) is 5.91 Å². The maximum atomic E-state index is 13.1. The van der Waals surface area contributed by atoms with Crippen LogP contribution in [0.3, 0.4) is 0 Å². The third-order valence-electron chi connectivity index (χ3n) is 4.07. The molecule has 1 fully saturated rings. The Bertz CT molecular complexity index is 952. The molecule has 2 N–H and O–H groups in total. The molecule has 1 saturated heterocycles. The van der Waals surface area contributed by atoms with E-state index in [0.29, 0.717) is 23.5 Å². The summed E-state index contributed by atoms with van der Waals surface area (Å²) in [5, 5.41) is 4.60. The molecule has 6 nitrogen and oxygen atoms in total. The van der Waals surface area contributed by atoms with Gasteiger partial charge in [0, 0.05) is 5.56 Å². The van der Waals surface area contributed by atoms with Gasteiger partial charge in [-0.15, -0.1) is 6.58 Å². The summed E-state index contributed by atoms with van der Waals surface area (Å²) in [6, 6.07) is 9.01. The number of hydrogen-bond donors (Lipinski definition) is 2. The van der Waals surface area contributed by atoms with Crippen molar-refractivity contribution in [3.63, 3.8) is 0 Å². The number of rotatable bonds is 7. The Morgan fingerprint density at radius 1 is 1.14 bits per heavy atom. The smallest absolute Gasteiger partial charge is 0.326 e. The SMILES string of the molecule is C=CCc1cc(C=C2NC(=O)NC2=O)cc(OC)c1OCc1ccc(F)cc1. The lowest BCUT2D eigenvalue weighted by atomic mass is 10.0. The molecule has 2 aromatic carbocycles. The average molecular weight is 382 g/mol. The monoisotopic (exact) mass is 382 g/mol. The van der Waals surface area contributed by atoms with Crippen molar-refractivity contribution in [1.29, 1.82) is 0 Å². The predicted octanol–water partition coefficient (Wildman–Crippen LogP) is 3.32. The van der Waals surface area contributed by atoms with Gasteiger partial charge in [-0.3, -0.25) is 10.1 Å². The van der Waals surface area contributed by atoms with Crippen molar-refractivity contribution in [2.45, 2.75) is 13.0 Å². The van der Waals surface area contributed by atoms with Gasteiger partial charge in [0.05, 0.1) is 7.11 Å². The first kappa shape index (κ1) is 19.2. The van der Waals surface area contributed by atoms with Gasteiger partial charge in [-0.05, 0) is 47.9 Å². The number of benzene rings is 2. The standard InChI is InChI=1S/C21H19FN2O4/c1-3-4-15-9-14(10-17-20(25)24-21(26)23-17)11-18(27-2)19(15)28-12-13-5-7-16(22)8-6-13/h3,5-11H,1,4,12H2,2H3,(H2,23,24,25,26). The average Bonchev–Trinajstić information content (AvgIpc) is 2.99. The topological polar surface area (TPSA) is 76.7 Å². The second kappa shape index (κ2) is 8.39. The molecule has 0 radical (unpaired) electrons. The Hall–Kier alpha value is -3.61. The van der Waals surface area contributed by atoms with E-state index in [1.807, 2.05) is 6.07 Å². The van der Waals surface area contributed by atoms with Crippen LogP contribution in [0, 0.1) is 5.82 Å². The van der Waals surface area contributed by atoms with Crippen molar-refractivity contribution in [3.8, 4) is 11.5 Å². The minimum Gasteiger partial charge on any atom is -0.493 e. The summed E-state index contributed by atoms with van der Waals surface area (Å²) in [5.41, 5.74) is 2.42. The lowest BCUT2D eigenvalue weighted by molar-refractivity contribution is -0.115. The van der Waals surface area contributed by atoms with E-state index in [-0.39, 0.29) is 18.1 Å². The Balaban J connectivity index is 1.91. The number of ether oxygens (including phenoxy) is 2. The fourth-order valence-corrected chi connectivity index (χ4v) is 2.77. The fourth-order valence-electron chi connectivity index (χ4n) is 2.77. The van der Waals surface area contributed by atoms with Gasteiger partial charge in [0.15, 0.2) is 11.5 Å². The summed E-state index contributed by atoms with van der Waals surface area (Å²) in [6.45, 7) is 4.00. The number of hydrogen-bond acceptors (Lipinski definition) is 4. The molecular formula is C21H19FN2O4. The van der Waals surface area contributed by atoms with Crippen LogP contribution in [0.1, 0.15) is 16.7 Å². The van der Waals surface area contributed by atoms with Gasteiger partial charge in [-0.25, -0.2) is 9.18 Å². The highest BCUT2D eigenvalue weighted by Gasteiger charge is 2.23. The van der Waals surface area contributed by atoms with Gasteiger partial charge < -0.3 is 14.8 Å². The largest absolute Gasteiger partial charge is 0.493 e. The molecule has 3 rings (SSSR count). The first-order valence-electron chi connectivity index (χ1n) is 8.53. The number of allylic oxidation sites excluding steroid dienone is 1. The number of halogens is 1. The Morgan fingerprint density at radius 3 is 2.50 bits per heavy atom. The first-order valence-corrected chi connectivity index (χ1v) is 8.53. The lowest BCUT2D eigenvalue weighted by Gasteiger charge is -2.16. The van der Waals surface area contributed by atoms with Gasteiger partial charge >= 0.3 is 6.03 Å². The third-order valence-corrected chi connectivity index (χ3v) is 4.07.